The molecular formula is C35H56N6O7S2. The summed E-state index contributed by atoms with van der Waals surface area (Å²) in [5.74, 6) is -2.74. The predicted octanol–water partition coefficient (Wildman–Crippen LogP) is 3.14. The van der Waals surface area contributed by atoms with Crippen LogP contribution < -0.4 is 21.3 Å². The number of sulfonamides is 1. The molecule has 1 unspecified atom stereocenters. The van der Waals surface area contributed by atoms with Gasteiger partial charge in [-0.2, -0.15) is 4.31 Å². The highest BCUT2D eigenvalue weighted by Gasteiger charge is 2.70. The summed E-state index contributed by atoms with van der Waals surface area (Å²) in [7, 11) is -2.28. The molecule has 1 aliphatic carbocycles. The van der Waals surface area contributed by atoms with E-state index in [0.29, 0.717) is 19.4 Å². The molecule has 13 nitrogen and oxygen atoms in total. The van der Waals surface area contributed by atoms with Gasteiger partial charge in [0.15, 0.2) is 0 Å². The Kier molecular flexibility index (Phi) is 13.5. The Morgan fingerprint density at radius 2 is 1.80 bits per heavy atom. The van der Waals surface area contributed by atoms with Crippen LogP contribution in [0.1, 0.15) is 74.7 Å². The van der Waals surface area contributed by atoms with E-state index in [1.165, 1.54) is 28.4 Å². The van der Waals surface area contributed by atoms with Crippen molar-refractivity contribution in [3.63, 3.8) is 0 Å². The van der Waals surface area contributed by atoms with Crippen LogP contribution in [0.3, 0.4) is 0 Å². The molecular weight excluding hydrogens is 681 g/mol. The van der Waals surface area contributed by atoms with E-state index in [4.69, 9.17) is 0 Å². The SMILES string of the molecule is C=CCNC(=O)C(=O)C(CCC)NC(=O)[C@@H]1[C@@H]2[C@H](CN1C(=O)[C@@H](NC(=O)N[C@H](CN(C)S(=O)(=O)c1cccs1)[C@@H](C)CC)C(C)(C)C)C2(C)C. The highest BCUT2D eigenvalue weighted by Crippen LogP contribution is 2.65. The van der Waals surface area contributed by atoms with Crippen LogP contribution in [0.15, 0.2) is 34.4 Å². The van der Waals surface area contributed by atoms with Crippen LogP contribution >= 0.6 is 11.3 Å². The highest BCUT2D eigenvalue weighted by atomic mass is 32.2. The molecule has 1 saturated heterocycles. The lowest BCUT2D eigenvalue weighted by atomic mass is 9.85. The van der Waals surface area contributed by atoms with Gasteiger partial charge in [0.05, 0.1) is 6.04 Å². The second-order valence-corrected chi connectivity index (χ2v) is 18.4. The zero-order valence-electron chi connectivity index (χ0n) is 30.9. The number of thiophene rings is 1. The number of hydrogen-bond donors (Lipinski definition) is 4. The van der Waals surface area contributed by atoms with Gasteiger partial charge in [0.1, 0.15) is 16.3 Å². The highest BCUT2D eigenvalue weighted by molar-refractivity contribution is 7.91. The molecule has 3 rings (SSSR count). The summed E-state index contributed by atoms with van der Waals surface area (Å²) in [5.41, 5.74) is -0.988. The number of nitrogens with one attached hydrogen (secondary N) is 4. The zero-order chi connectivity index (χ0) is 37.8. The normalized spacial score (nSPS) is 22.0. The molecule has 7 atom stereocenters. The number of urea groups is 1. The third-order valence-corrected chi connectivity index (χ3v) is 13.4. The van der Waals surface area contributed by atoms with Crippen molar-refractivity contribution in [2.45, 2.75) is 103 Å². The van der Waals surface area contributed by atoms with Crippen molar-refractivity contribution >= 4 is 50.9 Å². The molecule has 1 saturated carbocycles. The summed E-state index contributed by atoms with van der Waals surface area (Å²) in [6.45, 7) is 19.2. The van der Waals surface area contributed by atoms with Crippen molar-refractivity contribution in [1.29, 1.82) is 0 Å². The topological polar surface area (TPSA) is 174 Å². The number of amides is 5. The Balaban J connectivity index is 1.82. The van der Waals surface area contributed by atoms with Crippen molar-refractivity contribution in [2.75, 3.05) is 26.7 Å². The monoisotopic (exact) mass is 736 g/mol. The lowest BCUT2D eigenvalue weighted by Crippen LogP contribution is -2.62. The zero-order valence-corrected chi connectivity index (χ0v) is 32.5. The predicted molar refractivity (Wildman–Crippen MR) is 194 cm³/mol. The van der Waals surface area contributed by atoms with E-state index in [1.807, 2.05) is 55.4 Å². The lowest BCUT2D eigenvalue weighted by Gasteiger charge is -2.38. The molecule has 1 aromatic rings. The molecule has 2 fully saturated rings. The van der Waals surface area contributed by atoms with Crippen LogP contribution in [0.5, 0.6) is 0 Å². The van der Waals surface area contributed by atoms with Crippen molar-refractivity contribution < 1.29 is 32.4 Å². The minimum absolute atomic E-state index is 0.0207. The molecule has 5 amide bonds. The summed E-state index contributed by atoms with van der Waals surface area (Å²) in [6, 6.07) is -0.989. The van der Waals surface area contributed by atoms with Gasteiger partial charge in [0, 0.05) is 32.7 Å². The van der Waals surface area contributed by atoms with E-state index in [1.54, 1.807) is 11.4 Å². The van der Waals surface area contributed by atoms with E-state index in [9.17, 15) is 32.4 Å². The third-order valence-electron chi connectivity index (χ3n) is 10.3. The number of piperidine rings is 1. The number of hydrogen-bond acceptors (Lipinski definition) is 8. The summed E-state index contributed by atoms with van der Waals surface area (Å²) in [4.78, 5) is 68.9. The maximum Gasteiger partial charge on any atom is 0.315 e. The Morgan fingerprint density at radius 1 is 1.14 bits per heavy atom. The Labute approximate surface area is 301 Å². The molecule has 50 heavy (non-hydrogen) atoms. The molecule has 0 spiro atoms. The van der Waals surface area contributed by atoms with Crippen LogP contribution in [-0.4, -0.2) is 98.0 Å². The minimum Gasteiger partial charge on any atom is -0.346 e. The van der Waals surface area contributed by atoms with Gasteiger partial charge in [-0.3, -0.25) is 19.2 Å². The van der Waals surface area contributed by atoms with Crippen LogP contribution in [0.25, 0.3) is 0 Å². The van der Waals surface area contributed by atoms with Crippen LogP contribution in [0.2, 0.25) is 0 Å². The second kappa shape index (κ2) is 16.4. The number of likely N-dealkylation sites (tertiary alicyclic amines) is 1. The molecule has 1 aromatic heterocycles. The number of nitrogens with zero attached hydrogens (tertiary/aromatic N) is 2. The average Bonchev–Trinajstić information content (AvgIpc) is 3.51. The molecule has 15 heteroatoms. The van der Waals surface area contributed by atoms with Gasteiger partial charge in [0.2, 0.25) is 17.6 Å². The molecule has 1 aliphatic heterocycles. The molecule has 280 valence electrons. The lowest BCUT2D eigenvalue weighted by molar-refractivity contribution is -0.145. The van der Waals surface area contributed by atoms with Gasteiger partial charge in [-0.25, -0.2) is 13.2 Å². The van der Waals surface area contributed by atoms with E-state index < -0.39 is 69.1 Å². The first-order valence-corrected chi connectivity index (χ1v) is 19.7. The first kappa shape index (κ1) is 41.1. The molecule has 2 aliphatic rings. The fourth-order valence-corrected chi connectivity index (χ4v) is 9.18. The van der Waals surface area contributed by atoms with Crippen molar-refractivity contribution in [1.82, 2.24) is 30.5 Å². The maximum atomic E-state index is 14.4. The number of Topliss-reactive ketones (excluding diaryl/α,β-unsaturated/α-hetero) is 1. The molecule has 4 N–H and O–H groups in total. The van der Waals surface area contributed by atoms with Crippen LogP contribution in [0.4, 0.5) is 4.79 Å². The second-order valence-electron chi connectivity index (χ2n) is 15.2. The van der Waals surface area contributed by atoms with Gasteiger partial charge >= 0.3 is 6.03 Å². The van der Waals surface area contributed by atoms with Gasteiger partial charge in [-0.05, 0) is 46.5 Å². The number of likely N-dealkylation sites (N-methyl/N-ethyl adjacent to an activating group) is 1. The Morgan fingerprint density at radius 3 is 2.34 bits per heavy atom. The van der Waals surface area contributed by atoms with E-state index >= 15 is 0 Å². The fraction of sp³-hybridized carbons (Fsp3) is 0.686. The van der Waals surface area contributed by atoms with E-state index in [0.717, 1.165) is 11.3 Å². The third kappa shape index (κ3) is 9.13. The van der Waals surface area contributed by atoms with Crippen LogP contribution in [0, 0.1) is 28.6 Å². The first-order chi connectivity index (χ1) is 23.2. The number of carbonyl (C=O) groups is 5. The van der Waals surface area contributed by atoms with Gasteiger partial charge in [0.25, 0.3) is 15.9 Å². The van der Waals surface area contributed by atoms with Crippen LogP contribution in [-0.2, 0) is 29.2 Å². The number of rotatable bonds is 17. The Bertz CT molecular complexity index is 1520. The fourth-order valence-electron chi connectivity index (χ4n) is 6.79. The van der Waals surface area contributed by atoms with E-state index in [-0.39, 0.29) is 46.9 Å². The van der Waals surface area contributed by atoms with Gasteiger partial charge in [-0.1, -0.05) is 80.4 Å². The minimum atomic E-state index is -3.76. The van der Waals surface area contributed by atoms with Crippen molar-refractivity contribution in [2.24, 2.45) is 28.6 Å². The number of ketones is 1. The summed E-state index contributed by atoms with van der Waals surface area (Å²) < 4.78 is 27.7. The molecule has 2 heterocycles. The number of fused-ring (bicyclic) bond motifs is 1. The van der Waals surface area contributed by atoms with Gasteiger partial charge in [-0.15, -0.1) is 17.9 Å². The Hall–Kier alpha value is -3.30. The molecule has 0 bridgehead atoms. The standard InChI is InChI=1S/C35H56N6O7S2/c1-11-15-23(28(42)31(44)36-17-12-2)37-30(43)27-26-22(35(26,8)9)19-41(27)32(45)29(34(5,6)7)39-33(46)38-24(21(4)13-3)20-40(10)50(47,48)25-16-14-18-49-25/h12,14,16,18,21-24,26-27,29H,2,11,13,15,17,19-20H2,1,3-10H3,(H,36,44)(H,37,43)(H2,38,39,46)/t21-,22-,23?,24+,26-,27-,29+/m0/s1. The van der Waals surface area contributed by atoms with Gasteiger partial charge < -0.3 is 26.2 Å². The smallest absolute Gasteiger partial charge is 0.315 e. The van der Waals surface area contributed by atoms with Crippen molar-refractivity contribution in [3.8, 4) is 0 Å². The quantitative estimate of drug-likeness (QED) is 0.141. The summed E-state index contributed by atoms with van der Waals surface area (Å²) >= 11 is 1.12. The average molecular weight is 737 g/mol. The number of carbonyl (C=O) groups excluding carboxylic acids is 5. The molecule has 0 radical (unpaired) electrons. The van der Waals surface area contributed by atoms with Crippen molar-refractivity contribution in [3.05, 3.63) is 30.2 Å². The van der Waals surface area contributed by atoms with E-state index in [2.05, 4.69) is 27.8 Å². The largest absolute Gasteiger partial charge is 0.346 e. The summed E-state index contributed by atoms with van der Waals surface area (Å²) in [6.07, 6.45) is 2.91. The first-order valence-electron chi connectivity index (χ1n) is 17.3. The molecule has 0 aromatic carbocycles. The summed E-state index contributed by atoms with van der Waals surface area (Å²) in [5, 5.41) is 12.7. The maximum absolute atomic E-state index is 14.4.